The van der Waals surface area contributed by atoms with E-state index in [4.69, 9.17) is 22.1 Å². The number of pyridine rings is 2. The number of rotatable bonds is 4. The van der Waals surface area contributed by atoms with Crippen LogP contribution in [0.25, 0.3) is 16.6 Å². The minimum Gasteiger partial charge on any atom is -0.383 e. The van der Waals surface area contributed by atoms with Gasteiger partial charge >= 0.3 is 0 Å². The summed E-state index contributed by atoms with van der Waals surface area (Å²) in [5.41, 5.74) is 12.0. The first-order valence-electron chi connectivity index (χ1n) is 12.6. The quantitative estimate of drug-likeness (QED) is 0.344. The van der Waals surface area contributed by atoms with Crippen LogP contribution in [0, 0.1) is 11.8 Å². The number of hydrogen-bond donors (Lipinski definition) is 1. The number of hydrogen-bond acceptors (Lipinski definition) is 7. The van der Waals surface area contributed by atoms with Gasteiger partial charge in [0.15, 0.2) is 5.65 Å². The summed E-state index contributed by atoms with van der Waals surface area (Å²) in [5.74, 6) is 6.54. The van der Waals surface area contributed by atoms with Gasteiger partial charge in [0.1, 0.15) is 11.5 Å². The van der Waals surface area contributed by atoms with E-state index in [0.29, 0.717) is 47.4 Å². The summed E-state index contributed by atoms with van der Waals surface area (Å²) in [4.78, 5) is 29.0. The number of aromatic nitrogens is 5. The number of anilines is 1. The van der Waals surface area contributed by atoms with E-state index in [-0.39, 0.29) is 11.9 Å². The van der Waals surface area contributed by atoms with Crippen molar-refractivity contribution in [1.82, 2.24) is 29.5 Å². The summed E-state index contributed by atoms with van der Waals surface area (Å²) >= 11 is 6.61. The SMILES string of the molecule is Nc1nc2cc(Cl)c(C(=O)N(Cc3ccc(C#Cc4cnc5cccnn45)cn3)C3CC3)cc2c2c1COC2. The Morgan fingerprint density at radius 3 is 2.82 bits per heavy atom. The van der Waals surface area contributed by atoms with Gasteiger partial charge in [0.05, 0.1) is 47.8 Å². The van der Waals surface area contributed by atoms with Crippen molar-refractivity contribution < 1.29 is 9.53 Å². The second kappa shape index (κ2) is 9.34. The molecular weight excluding hydrogens is 514 g/mol. The molecule has 39 heavy (non-hydrogen) atoms. The van der Waals surface area contributed by atoms with Crippen LogP contribution in [0.5, 0.6) is 0 Å². The molecule has 5 heterocycles. The number of benzene rings is 1. The molecule has 1 amide bonds. The maximum absolute atomic E-state index is 13.8. The second-order valence-electron chi connectivity index (χ2n) is 9.69. The van der Waals surface area contributed by atoms with E-state index in [1.165, 1.54) is 0 Å². The Kier molecular flexibility index (Phi) is 5.65. The molecule has 9 nitrogen and oxygen atoms in total. The Bertz CT molecular complexity index is 1830. The van der Waals surface area contributed by atoms with Crippen LogP contribution in [0.2, 0.25) is 5.02 Å². The molecule has 0 unspecified atom stereocenters. The van der Waals surface area contributed by atoms with Gasteiger partial charge in [-0.1, -0.05) is 17.5 Å². The summed E-state index contributed by atoms with van der Waals surface area (Å²) in [7, 11) is 0. The maximum atomic E-state index is 13.8. The number of nitrogens with zero attached hydrogens (tertiary/aromatic N) is 6. The Balaban J connectivity index is 1.14. The molecule has 2 aliphatic rings. The van der Waals surface area contributed by atoms with E-state index >= 15 is 0 Å². The number of ether oxygens (including phenoxy) is 1. The molecule has 192 valence electrons. The first-order valence-corrected chi connectivity index (χ1v) is 13.0. The van der Waals surface area contributed by atoms with Gasteiger partial charge in [-0.05, 0) is 60.7 Å². The van der Waals surface area contributed by atoms with Gasteiger partial charge in [0, 0.05) is 34.9 Å². The summed E-state index contributed by atoms with van der Waals surface area (Å²) in [5, 5.41) is 5.48. The van der Waals surface area contributed by atoms with Crippen molar-refractivity contribution >= 4 is 39.9 Å². The molecule has 0 spiro atoms. The minimum absolute atomic E-state index is 0.125. The monoisotopic (exact) mass is 535 g/mol. The van der Waals surface area contributed by atoms with Crippen molar-refractivity contribution in [1.29, 1.82) is 0 Å². The van der Waals surface area contributed by atoms with Gasteiger partial charge in [-0.25, -0.2) is 14.5 Å². The second-order valence-corrected chi connectivity index (χ2v) is 10.1. The van der Waals surface area contributed by atoms with Gasteiger partial charge in [0.25, 0.3) is 5.91 Å². The predicted octanol–water partition coefficient (Wildman–Crippen LogP) is 4.14. The van der Waals surface area contributed by atoms with Gasteiger partial charge < -0.3 is 15.4 Å². The number of nitrogen functional groups attached to an aromatic ring is 1. The molecule has 7 rings (SSSR count). The Morgan fingerprint density at radius 1 is 1.13 bits per heavy atom. The standard InChI is InChI=1S/C29H22ClN7O2/c30-25-11-26-21(23-15-39-16-24(23)28(31)35-26)10-22(25)29(38)36(19-7-8-19)14-18-5-3-17(12-32-18)4-6-20-13-33-27-2-1-9-34-37(20)27/h1-3,5,9-13,19H,7-8,14-16H2,(H2,31,35). The fourth-order valence-corrected chi connectivity index (χ4v) is 5.12. The number of halogens is 1. The highest BCUT2D eigenvalue weighted by molar-refractivity contribution is 6.34. The zero-order valence-corrected chi connectivity index (χ0v) is 21.5. The predicted molar refractivity (Wildman–Crippen MR) is 146 cm³/mol. The lowest BCUT2D eigenvalue weighted by molar-refractivity contribution is 0.0728. The molecule has 4 aromatic heterocycles. The summed E-state index contributed by atoms with van der Waals surface area (Å²) in [6, 6.07) is 11.2. The van der Waals surface area contributed by atoms with Crippen LogP contribution in [0.3, 0.4) is 0 Å². The third kappa shape index (κ3) is 4.34. The molecule has 0 bridgehead atoms. The number of imidazole rings is 1. The Hall–Kier alpha value is -4.52. The van der Waals surface area contributed by atoms with E-state index in [9.17, 15) is 4.79 Å². The first-order chi connectivity index (χ1) is 19.0. The first kappa shape index (κ1) is 23.6. The molecule has 2 N–H and O–H groups in total. The molecule has 0 radical (unpaired) electrons. The number of carbonyl (C=O) groups is 1. The molecule has 1 aromatic carbocycles. The van der Waals surface area contributed by atoms with Gasteiger partial charge in [0.2, 0.25) is 0 Å². The summed E-state index contributed by atoms with van der Waals surface area (Å²) < 4.78 is 7.30. The fraction of sp³-hybridized carbons (Fsp3) is 0.207. The van der Waals surface area contributed by atoms with Crippen molar-refractivity contribution in [2.24, 2.45) is 0 Å². The molecule has 10 heteroatoms. The Morgan fingerprint density at radius 2 is 2.00 bits per heavy atom. The molecule has 0 saturated heterocycles. The van der Waals surface area contributed by atoms with Crippen LogP contribution in [0.15, 0.2) is 55.0 Å². The Labute approximate surface area is 228 Å². The number of amides is 1. The molecular formula is C29H22ClN7O2. The van der Waals surface area contributed by atoms with Gasteiger partial charge in [-0.3, -0.25) is 9.78 Å². The van der Waals surface area contributed by atoms with Crippen LogP contribution < -0.4 is 5.73 Å². The maximum Gasteiger partial charge on any atom is 0.255 e. The highest BCUT2D eigenvalue weighted by atomic mass is 35.5. The van der Waals surface area contributed by atoms with Gasteiger partial charge in [-0.2, -0.15) is 5.10 Å². The van der Waals surface area contributed by atoms with Crippen molar-refractivity contribution in [2.45, 2.75) is 38.6 Å². The van der Waals surface area contributed by atoms with E-state index in [1.54, 1.807) is 29.2 Å². The van der Waals surface area contributed by atoms with Gasteiger partial charge in [-0.15, -0.1) is 0 Å². The zero-order valence-electron chi connectivity index (χ0n) is 20.8. The smallest absolute Gasteiger partial charge is 0.255 e. The van der Waals surface area contributed by atoms with Crippen molar-refractivity contribution in [2.75, 3.05) is 5.73 Å². The lowest BCUT2D eigenvalue weighted by atomic mass is 10.0. The van der Waals surface area contributed by atoms with Crippen molar-refractivity contribution in [3.63, 3.8) is 0 Å². The molecule has 1 fully saturated rings. The highest BCUT2D eigenvalue weighted by Gasteiger charge is 2.34. The highest BCUT2D eigenvalue weighted by Crippen LogP contribution is 2.36. The average Bonchev–Trinajstić information content (AvgIpc) is 3.50. The third-order valence-electron chi connectivity index (χ3n) is 7.07. The average molecular weight is 536 g/mol. The zero-order chi connectivity index (χ0) is 26.5. The lowest BCUT2D eigenvalue weighted by Gasteiger charge is -2.23. The van der Waals surface area contributed by atoms with Crippen LogP contribution in [-0.4, -0.2) is 41.4 Å². The van der Waals surface area contributed by atoms with Crippen LogP contribution in [0.1, 0.15) is 51.3 Å². The number of carbonyl (C=O) groups excluding carboxylic acids is 1. The molecule has 0 atom stereocenters. The van der Waals surface area contributed by atoms with Crippen molar-refractivity contribution in [3.8, 4) is 11.8 Å². The van der Waals surface area contributed by atoms with E-state index in [2.05, 4.69) is 31.9 Å². The number of fused-ring (bicyclic) bond motifs is 4. The van der Waals surface area contributed by atoms with E-state index in [0.717, 1.165) is 46.3 Å². The van der Waals surface area contributed by atoms with Crippen LogP contribution >= 0.6 is 11.6 Å². The molecule has 5 aromatic rings. The normalized spacial score (nSPS) is 14.3. The third-order valence-corrected chi connectivity index (χ3v) is 7.38. The molecule has 1 aliphatic heterocycles. The minimum atomic E-state index is -0.125. The molecule has 1 aliphatic carbocycles. The molecule has 1 saturated carbocycles. The number of nitrogens with two attached hydrogens (primary N) is 1. The van der Waals surface area contributed by atoms with Crippen LogP contribution in [-0.2, 0) is 24.5 Å². The summed E-state index contributed by atoms with van der Waals surface area (Å²) in [6.07, 6.45) is 7.02. The largest absolute Gasteiger partial charge is 0.383 e. The van der Waals surface area contributed by atoms with Crippen molar-refractivity contribution in [3.05, 3.63) is 93.7 Å². The topological polar surface area (TPSA) is 112 Å². The fourth-order valence-electron chi connectivity index (χ4n) is 4.88. The van der Waals surface area contributed by atoms with E-state index in [1.807, 2.05) is 35.2 Å². The lowest BCUT2D eigenvalue weighted by Crippen LogP contribution is -2.33. The summed E-state index contributed by atoms with van der Waals surface area (Å²) in [6.45, 7) is 1.24. The van der Waals surface area contributed by atoms with Crippen LogP contribution in [0.4, 0.5) is 5.82 Å². The van der Waals surface area contributed by atoms with E-state index < -0.39 is 0 Å².